The molecule has 2 aliphatic heterocycles. The molecule has 2 aromatic rings. The summed E-state index contributed by atoms with van der Waals surface area (Å²) in [6, 6.07) is 13.5. The average molecular weight is 329 g/mol. The van der Waals surface area contributed by atoms with E-state index < -0.39 is 15.6 Å². The molecule has 1 saturated heterocycles. The van der Waals surface area contributed by atoms with E-state index in [2.05, 4.69) is 0 Å². The normalized spacial score (nSPS) is 23.0. The van der Waals surface area contributed by atoms with Crippen molar-refractivity contribution in [3.8, 4) is 0 Å². The molecule has 0 saturated carbocycles. The molecule has 23 heavy (non-hydrogen) atoms. The number of Topliss-reactive ketones (excluding diaryl/α,β-unsaturated/α-hetero) is 1. The number of para-hydroxylation sites is 1. The van der Waals surface area contributed by atoms with E-state index in [0.29, 0.717) is 11.3 Å². The van der Waals surface area contributed by atoms with Gasteiger partial charge < -0.3 is 4.74 Å². The quantitative estimate of drug-likeness (QED) is 0.792. The van der Waals surface area contributed by atoms with Gasteiger partial charge in [-0.15, -0.1) is 0 Å². The molecule has 5 nitrogen and oxygen atoms in total. The third kappa shape index (κ3) is 2.09. The number of sulfonamides is 1. The second-order valence-electron chi connectivity index (χ2n) is 5.95. The Morgan fingerprint density at radius 2 is 1.74 bits per heavy atom. The highest BCUT2D eigenvalue weighted by Crippen LogP contribution is 2.42. The summed E-state index contributed by atoms with van der Waals surface area (Å²) in [5.74, 6) is -0.136. The summed E-state index contributed by atoms with van der Waals surface area (Å²) >= 11 is 0. The first-order valence-corrected chi connectivity index (χ1v) is 8.75. The van der Waals surface area contributed by atoms with Crippen molar-refractivity contribution in [2.75, 3.05) is 17.5 Å². The Balaban J connectivity index is 1.86. The molecule has 1 spiro atoms. The summed E-state index contributed by atoms with van der Waals surface area (Å²) in [5, 5.41) is 0. The standard InChI is InChI=1S/C17H15NO4S/c1-12-6-8-13(9-7-12)23(20,21)18-10-17(11-22-17)16(19)14-4-2-3-5-15(14)18/h2-9H,10-11H2,1H3. The first-order valence-electron chi connectivity index (χ1n) is 7.31. The van der Waals surface area contributed by atoms with Gasteiger partial charge >= 0.3 is 0 Å². The first-order chi connectivity index (χ1) is 10.9. The monoisotopic (exact) mass is 329 g/mol. The van der Waals surface area contributed by atoms with Crippen LogP contribution in [0.25, 0.3) is 0 Å². The fraction of sp³-hybridized carbons (Fsp3) is 0.235. The number of carbonyl (C=O) groups is 1. The minimum absolute atomic E-state index is 0.0268. The van der Waals surface area contributed by atoms with Gasteiger partial charge in [-0.25, -0.2) is 8.42 Å². The van der Waals surface area contributed by atoms with Crippen molar-refractivity contribution in [1.29, 1.82) is 0 Å². The smallest absolute Gasteiger partial charge is 0.264 e. The number of fused-ring (bicyclic) bond motifs is 1. The second kappa shape index (κ2) is 4.66. The number of hydrogen-bond acceptors (Lipinski definition) is 4. The summed E-state index contributed by atoms with van der Waals surface area (Å²) in [6.45, 7) is 2.19. The van der Waals surface area contributed by atoms with Crippen LogP contribution in [0.2, 0.25) is 0 Å². The van der Waals surface area contributed by atoms with Gasteiger partial charge in [0.2, 0.25) is 5.78 Å². The minimum Gasteiger partial charge on any atom is -0.359 e. The number of aryl methyl sites for hydroxylation is 1. The Labute approximate surface area is 134 Å². The lowest BCUT2D eigenvalue weighted by Gasteiger charge is -2.32. The molecule has 0 aromatic heterocycles. The molecular formula is C17H15NO4S. The Kier molecular flexibility index (Phi) is 2.92. The second-order valence-corrected chi connectivity index (χ2v) is 7.82. The number of benzene rings is 2. The fourth-order valence-corrected chi connectivity index (χ4v) is 4.41. The first kappa shape index (κ1) is 14.4. The van der Waals surface area contributed by atoms with E-state index in [1.165, 1.54) is 4.31 Å². The van der Waals surface area contributed by atoms with E-state index in [4.69, 9.17) is 4.74 Å². The topological polar surface area (TPSA) is 67.0 Å². The molecule has 2 aromatic carbocycles. The van der Waals surface area contributed by atoms with Gasteiger partial charge in [0.05, 0.1) is 23.7 Å². The van der Waals surface area contributed by atoms with E-state index in [1.54, 1.807) is 48.5 Å². The van der Waals surface area contributed by atoms with Gasteiger partial charge in [0, 0.05) is 5.56 Å². The number of hydrogen-bond donors (Lipinski definition) is 0. The Hall–Kier alpha value is -2.18. The number of ketones is 1. The number of ether oxygens (including phenoxy) is 1. The molecule has 2 aliphatic rings. The maximum absolute atomic E-state index is 13.0. The molecule has 0 N–H and O–H groups in total. The zero-order valence-electron chi connectivity index (χ0n) is 12.5. The number of rotatable bonds is 2. The van der Waals surface area contributed by atoms with Crippen LogP contribution in [-0.4, -0.2) is 33.0 Å². The molecule has 0 bridgehead atoms. The van der Waals surface area contributed by atoms with Gasteiger partial charge in [-0.05, 0) is 31.2 Å². The number of epoxide rings is 1. The van der Waals surface area contributed by atoms with Crippen molar-refractivity contribution >= 4 is 21.5 Å². The zero-order chi connectivity index (χ0) is 16.2. The SMILES string of the molecule is Cc1ccc(S(=O)(=O)N2CC3(CO3)C(=O)c3ccccc32)cc1. The van der Waals surface area contributed by atoms with Gasteiger partial charge in [0.15, 0.2) is 5.60 Å². The van der Waals surface area contributed by atoms with Crippen LogP contribution in [0.3, 0.4) is 0 Å². The predicted octanol–water partition coefficient (Wildman–Crippen LogP) is 2.16. The third-order valence-corrected chi connectivity index (χ3v) is 6.11. The number of anilines is 1. The van der Waals surface area contributed by atoms with Crippen molar-refractivity contribution in [3.05, 3.63) is 59.7 Å². The molecule has 1 unspecified atom stereocenters. The van der Waals surface area contributed by atoms with Crippen molar-refractivity contribution in [2.24, 2.45) is 0 Å². The molecular weight excluding hydrogens is 314 g/mol. The van der Waals surface area contributed by atoms with Gasteiger partial charge in [0.1, 0.15) is 0 Å². The maximum Gasteiger partial charge on any atom is 0.264 e. The Bertz CT molecular complexity index is 898. The lowest BCUT2D eigenvalue weighted by molar-refractivity contribution is 0.0873. The number of carbonyl (C=O) groups excluding carboxylic acids is 1. The van der Waals surface area contributed by atoms with Crippen molar-refractivity contribution < 1.29 is 17.9 Å². The summed E-state index contributed by atoms with van der Waals surface area (Å²) in [4.78, 5) is 12.7. The van der Waals surface area contributed by atoms with Crippen molar-refractivity contribution in [2.45, 2.75) is 17.4 Å². The lowest BCUT2D eigenvalue weighted by atomic mass is 9.93. The molecule has 118 valence electrons. The Morgan fingerprint density at radius 3 is 2.39 bits per heavy atom. The van der Waals surface area contributed by atoms with Crippen LogP contribution in [0.1, 0.15) is 15.9 Å². The minimum atomic E-state index is -3.75. The van der Waals surface area contributed by atoms with E-state index >= 15 is 0 Å². The van der Waals surface area contributed by atoms with Crippen LogP contribution in [-0.2, 0) is 14.8 Å². The van der Waals surface area contributed by atoms with E-state index in [9.17, 15) is 13.2 Å². The van der Waals surface area contributed by atoms with E-state index in [0.717, 1.165) is 5.56 Å². The summed E-state index contributed by atoms with van der Waals surface area (Å²) < 4.78 is 32.7. The van der Waals surface area contributed by atoms with Gasteiger partial charge in [0.25, 0.3) is 10.0 Å². The molecule has 0 amide bonds. The van der Waals surface area contributed by atoms with E-state index in [-0.39, 0.29) is 23.8 Å². The Morgan fingerprint density at radius 1 is 1.09 bits per heavy atom. The summed E-state index contributed by atoms with van der Waals surface area (Å²) in [7, 11) is -3.75. The average Bonchev–Trinajstić information content (AvgIpc) is 3.32. The van der Waals surface area contributed by atoms with Crippen LogP contribution < -0.4 is 4.31 Å². The molecule has 0 aliphatic carbocycles. The largest absolute Gasteiger partial charge is 0.359 e. The van der Waals surface area contributed by atoms with Crippen molar-refractivity contribution in [1.82, 2.24) is 0 Å². The number of nitrogens with zero attached hydrogens (tertiary/aromatic N) is 1. The highest BCUT2D eigenvalue weighted by atomic mass is 32.2. The lowest BCUT2D eigenvalue weighted by Crippen LogP contribution is -2.48. The van der Waals surface area contributed by atoms with Crippen LogP contribution >= 0.6 is 0 Å². The molecule has 2 heterocycles. The van der Waals surface area contributed by atoms with Crippen LogP contribution in [0.5, 0.6) is 0 Å². The summed E-state index contributed by atoms with van der Waals surface area (Å²) in [5.41, 5.74) is 0.790. The van der Waals surface area contributed by atoms with Gasteiger partial charge in [-0.1, -0.05) is 29.8 Å². The van der Waals surface area contributed by atoms with Crippen molar-refractivity contribution in [3.63, 3.8) is 0 Å². The molecule has 6 heteroatoms. The third-order valence-electron chi connectivity index (χ3n) is 4.33. The van der Waals surface area contributed by atoms with E-state index in [1.807, 2.05) is 6.92 Å². The van der Waals surface area contributed by atoms with Crippen LogP contribution in [0.15, 0.2) is 53.4 Å². The molecule has 1 fully saturated rings. The summed E-state index contributed by atoms with van der Waals surface area (Å²) in [6.07, 6.45) is 0. The van der Waals surface area contributed by atoms with Crippen LogP contribution in [0, 0.1) is 6.92 Å². The predicted molar refractivity (Wildman–Crippen MR) is 85.2 cm³/mol. The zero-order valence-corrected chi connectivity index (χ0v) is 13.3. The molecule has 1 atom stereocenters. The van der Waals surface area contributed by atoms with Gasteiger partial charge in [-0.2, -0.15) is 0 Å². The highest BCUT2D eigenvalue weighted by Gasteiger charge is 2.58. The van der Waals surface area contributed by atoms with Gasteiger partial charge in [-0.3, -0.25) is 9.10 Å². The van der Waals surface area contributed by atoms with Crippen LogP contribution in [0.4, 0.5) is 5.69 Å². The molecule has 4 rings (SSSR count). The fourth-order valence-electron chi connectivity index (χ4n) is 2.88. The maximum atomic E-state index is 13.0. The molecule has 0 radical (unpaired) electrons. The highest BCUT2D eigenvalue weighted by molar-refractivity contribution is 7.92.